The molecule has 0 saturated heterocycles. The number of aliphatic hydroxyl groups is 3. The van der Waals surface area contributed by atoms with E-state index >= 15 is 0 Å². The van der Waals surface area contributed by atoms with E-state index in [0.717, 1.165) is 5.56 Å². The Hall–Kier alpha value is -3.52. The van der Waals surface area contributed by atoms with Crippen molar-refractivity contribution in [1.29, 1.82) is 0 Å². The fourth-order valence-corrected chi connectivity index (χ4v) is 5.98. The van der Waals surface area contributed by atoms with Crippen molar-refractivity contribution < 1.29 is 38.8 Å². The monoisotopic (exact) mass is 718 g/mol. The maximum atomic E-state index is 14.0. The average molecular weight is 719 g/mol. The molecule has 0 radical (unpaired) electrons. The molecule has 3 atom stereocenters. The van der Waals surface area contributed by atoms with E-state index in [9.17, 15) is 29.3 Å². The summed E-state index contributed by atoms with van der Waals surface area (Å²) in [6.07, 6.45) is -0.392. The molecular formula is C33H36FIN2O7. The Morgan fingerprint density at radius 1 is 1.05 bits per heavy atom. The van der Waals surface area contributed by atoms with E-state index in [0.29, 0.717) is 32.6 Å². The minimum Gasteiger partial charge on any atom is -0.493 e. The number of halogens is 2. The van der Waals surface area contributed by atoms with Gasteiger partial charge in [0.15, 0.2) is 11.5 Å². The standard InChI is InChI=1S/C33H36FIN2O7/c1-43-29-16-23(20-39)15-26(35)32(29)44-28-19-24(33(42)36-11-13-38)18-27(31(28)41)37(12-10-22-8-5-9-25(34)14-22)30(40)17-21-6-3-2-4-7-21/h2-9,14-16,19,27-28,31,38-39,41H,10-13,17-18,20H2,1H3,(H,36,42)/t27-,28+,31+/m1/s1. The number of hydrogen-bond donors (Lipinski definition) is 4. The van der Waals surface area contributed by atoms with Gasteiger partial charge in [0.05, 0.1) is 36.4 Å². The predicted octanol–water partition coefficient (Wildman–Crippen LogP) is 3.16. The number of benzene rings is 3. The lowest BCUT2D eigenvalue weighted by molar-refractivity contribution is -0.137. The van der Waals surface area contributed by atoms with Crippen LogP contribution in [0.15, 0.2) is 78.4 Å². The SMILES string of the molecule is COc1cc(CO)cc(I)c1O[C@H]1C=C(C(=O)NCCO)C[C@@H](N(CCc2cccc(F)c2)C(=O)Cc2ccccc2)[C@@H]1O. The smallest absolute Gasteiger partial charge is 0.247 e. The maximum Gasteiger partial charge on any atom is 0.247 e. The zero-order valence-corrected chi connectivity index (χ0v) is 26.4. The van der Waals surface area contributed by atoms with Crippen LogP contribution in [0.4, 0.5) is 4.39 Å². The number of amides is 2. The molecule has 1 aliphatic carbocycles. The van der Waals surface area contributed by atoms with Gasteiger partial charge < -0.3 is 35.0 Å². The topological polar surface area (TPSA) is 129 Å². The van der Waals surface area contributed by atoms with E-state index in [4.69, 9.17) is 9.47 Å². The summed E-state index contributed by atoms with van der Waals surface area (Å²) in [5, 5.41) is 33.3. The highest BCUT2D eigenvalue weighted by Gasteiger charge is 2.40. The summed E-state index contributed by atoms with van der Waals surface area (Å²) < 4.78 is 26.4. The van der Waals surface area contributed by atoms with E-state index < -0.39 is 30.0 Å². The van der Waals surface area contributed by atoms with Crippen LogP contribution in [0.1, 0.15) is 23.1 Å². The second-order valence-corrected chi connectivity index (χ2v) is 11.6. The van der Waals surface area contributed by atoms with Gasteiger partial charge in [-0.15, -0.1) is 0 Å². The van der Waals surface area contributed by atoms with Crippen LogP contribution in [0.5, 0.6) is 11.5 Å². The molecule has 0 bridgehead atoms. The first-order chi connectivity index (χ1) is 21.2. The van der Waals surface area contributed by atoms with Crippen LogP contribution in [0.3, 0.4) is 0 Å². The van der Waals surface area contributed by atoms with Crippen LogP contribution in [-0.4, -0.2) is 77.1 Å². The molecule has 0 aromatic heterocycles. The molecule has 234 valence electrons. The van der Waals surface area contributed by atoms with Crippen molar-refractivity contribution in [3.8, 4) is 11.5 Å². The Morgan fingerprint density at radius 3 is 2.48 bits per heavy atom. The van der Waals surface area contributed by atoms with Gasteiger partial charge in [0.1, 0.15) is 18.0 Å². The lowest BCUT2D eigenvalue weighted by atomic mass is 9.87. The van der Waals surface area contributed by atoms with Crippen LogP contribution < -0.4 is 14.8 Å². The van der Waals surface area contributed by atoms with Crippen LogP contribution >= 0.6 is 22.6 Å². The normalized spacial score (nSPS) is 17.9. The number of carbonyl (C=O) groups excluding carboxylic acids is 2. The molecule has 0 fully saturated rings. The minimum absolute atomic E-state index is 0.0273. The third kappa shape index (κ3) is 8.56. The van der Waals surface area contributed by atoms with Crippen molar-refractivity contribution in [2.75, 3.05) is 26.8 Å². The third-order valence-corrected chi connectivity index (χ3v) is 8.19. The lowest BCUT2D eigenvalue weighted by Gasteiger charge is -2.41. The van der Waals surface area contributed by atoms with Gasteiger partial charge in [0.25, 0.3) is 0 Å². The number of nitrogens with one attached hydrogen (secondary N) is 1. The number of nitrogens with zero attached hydrogens (tertiary/aromatic N) is 1. The maximum absolute atomic E-state index is 14.0. The highest BCUT2D eigenvalue weighted by Crippen LogP contribution is 2.37. The number of rotatable bonds is 13. The van der Waals surface area contributed by atoms with Gasteiger partial charge >= 0.3 is 0 Å². The highest BCUT2D eigenvalue weighted by molar-refractivity contribution is 14.1. The van der Waals surface area contributed by atoms with Gasteiger partial charge in [-0.3, -0.25) is 9.59 Å². The minimum atomic E-state index is -1.25. The Balaban J connectivity index is 1.71. The second kappa shape index (κ2) is 16.0. The van der Waals surface area contributed by atoms with Crippen LogP contribution in [0, 0.1) is 9.39 Å². The first-order valence-corrected chi connectivity index (χ1v) is 15.3. The molecule has 1 aliphatic rings. The zero-order chi connectivity index (χ0) is 31.6. The van der Waals surface area contributed by atoms with Crippen molar-refractivity contribution in [3.05, 3.63) is 104 Å². The number of carbonyl (C=O) groups is 2. The Kier molecular flexibility index (Phi) is 12.1. The Morgan fingerprint density at radius 2 is 1.80 bits per heavy atom. The van der Waals surface area contributed by atoms with Gasteiger partial charge in [-0.05, 0) is 76.0 Å². The van der Waals surface area contributed by atoms with Crippen molar-refractivity contribution in [3.63, 3.8) is 0 Å². The summed E-state index contributed by atoms with van der Waals surface area (Å²) >= 11 is 2.04. The summed E-state index contributed by atoms with van der Waals surface area (Å²) in [5.41, 5.74) is 2.35. The second-order valence-electron chi connectivity index (χ2n) is 10.4. The molecule has 2 amide bonds. The quantitative estimate of drug-likeness (QED) is 0.200. The lowest BCUT2D eigenvalue weighted by Crippen LogP contribution is -2.56. The molecule has 0 aliphatic heterocycles. The molecule has 9 nitrogen and oxygen atoms in total. The molecule has 0 saturated carbocycles. The van der Waals surface area contributed by atoms with E-state index in [-0.39, 0.29) is 50.6 Å². The largest absolute Gasteiger partial charge is 0.493 e. The molecule has 3 aromatic carbocycles. The van der Waals surface area contributed by atoms with Crippen LogP contribution in [-0.2, 0) is 29.0 Å². The summed E-state index contributed by atoms with van der Waals surface area (Å²) in [7, 11) is 1.46. The zero-order valence-electron chi connectivity index (χ0n) is 24.3. The Labute approximate surface area is 269 Å². The Bertz CT molecular complexity index is 1470. The van der Waals surface area contributed by atoms with Crippen LogP contribution in [0.2, 0.25) is 0 Å². The average Bonchev–Trinajstić information content (AvgIpc) is 3.02. The fourth-order valence-electron chi connectivity index (χ4n) is 5.18. The van der Waals surface area contributed by atoms with Gasteiger partial charge in [-0.2, -0.15) is 0 Å². The highest BCUT2D eigenvalue weighted by atomic mass is 127. The van der Waals surface area contributed by atoms with Crippen molar-refractivity contribution in [2.24, 2.45) is 0 Å². The predicted molar refractivity (Wildman–Crippen MR) is 171 cm³/mol. The van der Waals surface area contributed by atoms with E-state index in [1.54, 1.807) is 29.2 Å². The molecular weight excluding hydrogens is 682 g/mol. The van der Waals surface area contributed by atoms with Crippen molar-refractivity contribution in [1.82, 2.24) is 10.2 Å². The first-order valence-electron chi connectivity index (χ1n) is 14.2. The van der Waals surface area contributed by atoms with E-state index in [1.807, 2.05) is 52.9 Å². The third-order valence-electron chi connectivity index (χ3n) is 7.39. The fraction of sp³-hybridized carbons (Fsp3) is 0.333. The molecule has 3 aromatic rings. The van der Waals surface area contributed by atoms with Crippen molar-refractivity contribution >= 4 is 34.4 Å². The number of ether oxygens (including phenoxy) is 2. The van der Waals surface area contributed by atoms with E-state index in [2.05, 4.69) is 5.32 Å². The van der Waals surface area contributed by atoms with Gasteiger partial charge in [-0.1, -0.05) is 42.5 Å². The van der Waals surface area contributed by atoms with Gasteiger partial charge in [0, 0.05) is 25.1 Å². The van der Waals surface area contributed by atoms with Gasteiger partial charge in [-0.25, -0.2) is 4.39 Å². The van der Waals surface area contributed by atoms with Gasteiger partial charge in [0.2, 0.25) is 11.8 Å². The summed E-state index contributed by atoms with van der Waals surface area (Å²) in [5.74, 6) is -0.479. The number of methoxy groups -OCH3 is 1. The molecule has 4 N–H and O–H groups in total. The number of aliphatic hydroxyl groups excluding tert-OH is 3. The molecule has 0 heterocycles. The van der Waals surface area contributed by atoms with Crippen molar-refractivity contribution in [2.45, 2.75) is 44.1 Å². The van der Waals surface area contributed by atoms with E-state index in [1.165, 1.54) is 25.3 Å². The molecule has 0 unspecified atom stereocenters. The summed E-state index contributed by atoms with van der Waals surface area (Å²) in [6.45, 7) is -0.285. The summed E-state index contributed by atoms with van der Waals surface area (Å²) in [4.78, 5) is 28.6. The molecule has 4 rings (SSSR count). The summed E-state index contributed by atoms with van der Waals surface area (Å²) in [6, 6.07) is 17.8. The van der Waals surface area contributed by atoms with Crippen LogP contribution in [0.25, 0.3) is 0 Å². The molecule has 44 heavy (non-hydrogen) atoms. The molecule has 11 heteroatoms. The first kappa shape index (κ1) is 33.4. The molecule has 0 spiro atoms. The number of hydrogen-bond acceptors (Lipinski definition) is 7.